The molecule has 5 aromatic rings. The van der Waals surface area contributed by atoms with Crippen LogP contribution in [0.25, 0.3) is 44.8 Å². The molecule has 5 rings (SSSR count). The van der Waals surface area contributed by atoms with E-state index in [9.17, 15) is 0 Å². The second-order valence-corrected chi connectivity index (χ2v) is 6.60. The Bertz CT molecular complexity index is 1290. The lowest BCUT2D eigenvalue weighted by atomic mass is 10.1. The van der Waals surface area contributed by atoms with E-state index in [0.717, 1.165) is 12.1 Å². The molecule has 0 spiro atoms. The Kier molecular flexibility index (Phi) is 4.21. The number of hydrogen-bond acceptors (Lipinski definition) is 6. The lowest BCUT2D eigenvalue weighted by molar-refractivity contribution is 0.638. The molecule has 0 aliphatic rings. The molecule has 0 aliphatic heterocycles. The quantitative estimate of drug-likeness (QED) is 0.427. The first kappa shape index (κ1) is 17.4. The molecule has 0 saturated carbocycles. The van der Waals surface area contributed by atoms with Gasteiger partial charge < -0.3 is 10.3 Å². The number of nitrogens with zero attached hydrogens (tertiary/aromatic N) is 5. The summed E-state index contributed by atoms with van der Waals surface area (Å²) in [5.74, 6) is -0.0258. The first-order chi connectivity index (χ1) is 14.2. The average molecular weight is 388 g/mol. The van der Waals surface area contributed by atoms with E-state index in [1.165, 1.54) is 0 Å². The second-order valence-electron chi connectivity index (χ2n) is 6.60. The molecule has 0 atom stereocenters. The highest BCUT2D eigenvalue weighted by Crippen LogP contribution is 2.32. The van der Waals surface area contributed by atoms with Gasteiger partial charge in [0, 0.05) is 30.7 Å². The van der Waals surface area contributed by atoms with Crippen LogP contribution in [0.4, 0.5) is 4.39 Å². The zero-order valence-corrected chi connectivity index (χ0v) is 15.6. The lowest BCUT2D eigenvalue weighted by Gasteiger charge is -2.07. The molecule has 8 nitrogen and oxygen atoms in total. The number of aromatic amines is 2. The Morgan fingerprint density at radius 3 is 2.93 bits per heavy atom. The van der Waals surface area contributed by atoms with Crippen LogP contribution in [-0.2, 0) is 6.54 Å². The summed E-state index contributed by atoms with van der Waals surface area (Å²) >= 11 is 0. The fourth-order valence-electron chi connectivity index (χ4n) is 3.29. The van der Waals surface area contributed by atoms with E-state index >= 15 is 4.39 Å². The molecular formula is C20H17FN8. The van der Waals surface area contributed by atoms with Crippen molar-refractivity contribution in [3.05, 3.63) is 54.4 Å². The third kappa shape index (κ3) is 3.01. The van der Waals surface area contributed by atoms with Crippen LogP contribution in [0.5, 0.6) is 0 Å². The monoisotopic (exact) mass is 388 g/mol. The van der Waals surface area contributed by atoms with Crippen LogP contribution < -0.4 is 5.32 Å². The molecule has 0 amide bonds. The van der Waals surface area contributed by atoms with Crippen LogP contribution in [-0.4, -0.2) is 41.7 Å². The maximum absolute atomic E-state index is 15.6. The third-order valence-corrected chi connectivity index (χ3v) is 4.67. The summed E-state index contributed by atoms with van der Waals surface area (Å²) in [7, 11) is 0. The van der Waals surface area contributed by atoms with Gasteiger partial charge in [-0.05, 0) is 30.3 Å². The van der Waals surface area contributed by atoms with Gasteiger partial charge in [0.15, 0.2) is 17.3 Å². The highest BCUT2D eigenvalue weighted by Gasteiger charge is 2.20. The molecule has 0 fully saturated rings. The van der Waals surface area contributed by atoms with E-state index in [4.69, 9.17) is 0 Å². The van der Waals surface area contributed by atoms with Gasteiger partial charge in [-0.15, -0.1) is 0 Å². The van der Waals surface area contributed by atoms with Crippen molar-refractivity contribution in [2.24, 2.45) is 0 Å². The fraction of sp³-hybridized carbons (Fsp3) is 0.150. The first-order valence-corrected chi connectivity index (χ1v) is 9.23. The van der Waals surface area contributed by atoms with Gasteiger partial charge in [-0.1, -0.05) is 6.92 Å². The molecule has 5 heterocycles. The predicted molar refractivity (Wildman–Crippen MR) is 107 cm³/mol. The molecule has 0 aromatic carbocycles. The Balaban J connectivity index is 1.64. The molecule has 3 N–H and O–H groups in total. The summed E-state index contributed by atoms with van der Waals surface area (Å²) < 4.78 is 15.6. The molecule has 144 valence electrons. The Labute approximate surface area is 164 Å². The van der Waals surface area contributed by atoms with Crippen molar-refractivity contribution in [1.82, 2.24) is 40.4 Å². The molecule has 9 heteroatoms. The molecule has 0 radical (unpaired) electrons. The van der Waals surface area contributed by atoms with Crippen LogP contribution in [0.15, 0.2) is 43.0 Å². The van der Waals surface area contributed by atoms with E-state index in [1.54, 1.807) is 30.9 Å². The van der Waals surface area contributed by atoms with Gasteiger partial charge in [-0.3, -0.25) is 15.1 Å². The number of imidazole rings is 1. The summed E-state index contributed by atoms with van der Waals surface area (Å²) in [6.45, 7) is 3.53. The number of aromatic nitrogens is 7. The number of fused-ring (bicyclic) bond motifs is 2. The number of nitrogens with one attached hydrogen (secondary N) is 3. The Morgan fingerprint density at radius 1 is 1.14 bits per heavy atom. The molecule has 0 aliphatic carbocycles. The maximum Gasteiger partial charge on any atom is 0.161 e. The summed E-state index contributed by atoms with van der Waals surface area (Å²) in [5.41, 5.74) is 3.98. The molecule has 0 saturated heterocycles. The number of pyridine rings is 3. The van der Waals surface area contributed by atoms with Crippen molar-refractivity contribution in [2.75, 3.05) is 6.54 Å². The maximum atomic E-state index is 15.6. The topological polar surface area (TPSA) is 108 Å². The number of rotatable bonds is 5. The van der Waals surface area contributed by atoms with Crippen molar-refractivity contribution in [2.45, 2.75) is 13.5 Å². The van der Waals surface area contributed by atoms with Crippen molar-refractivity contribution in [3.63, 3.8) is 0 Å². The van der Waals surface area contributed by atoms with Gasteiger partial charge in [-0.2, -0.15) is 5.10 Å². The van der Waals surface area contributed by atoms with Crippen LogP contribution in [0.2, 0.25) is 0 Å². The number of halogens is 1. The molecule has 0 bridgehead atoms. The minimum atomic E-state index is -0.470. The van der Waals surface area contributed by atoms with Gasteiger partial charge in [0.2, 0.25) is 0 Å². The number of hydrogen-bond donors (Lipinski definition) is 3. The van der Waals surface area contributed by atoms with Crippen LogP contribution >= 0.6 is 0 Å². The average Bonchev–Trinajstić information content (AvgIpc) is 3.37. The predicted octanol–water partition coefficient (Wildman–Crippen LogP) is 3.21. The summed E-state index contributed by atoms with van der Waals surface area (Å²) in [4.78, 5) is 20.4. The van der Waals surface area contributed by atoms with E-state index in [2.05, 4.69) is 40.4 Å². The summed E-state index contributed by atoms with van der Waals surface area (Å²) in [5, 5.41) is 10.7. The first-order valence-electron chi connectivity index (χ1n) is 9.23. The number of H-pyrrole nitrogens is 2. The van der Waals surface area contributed by atoms with Gasteiger partial charge in [0.25, 0.3) is 0 Å². The SMILES string of the molecule is CCNCc1cncc(-c2ncc3[nH]nc(-c4nc5cccnc5[nH]4)c3c2F)c1. The molecule has 29 heavy (non-hydrogen) atoms. The smallest absolute Gasteiger partial charge is 0.161 e. The summed E-state index contributed by atoms with van der Waals surface area (Å²) in [6, 6.07) is 5.52. The normalized spacial score (nSPS) is 11.5. The van der Waals surface area contributed by atoms with Crippen molar-refractivity contribution in [1.29, 1.82) is 0 Å². The zero-order chi connectivity index (χ0) is 19.8. The van der Waals surface area contributed by atoms with Crippen molar-refractivity contribution in [3.8, 4) is 22.8 Å². The van der Waals surface area contributed by atoms with Gasteiger partial charge in [0.05, 0.1) is 17.1 Å². The second kappa shape index (κ2) is 7.02. The van der Waals surface area contributed by atoms with Crippen LogP contribution in [0, 0.1) is 5.82 Å². The van der Waals surface area contributed by atoms with E-state index in [-0.39, 0.29) is 5.69 Å². The van der Waals surface area contributed by atoms with Crippen LogP contribution in [0.3, 0.4) is 0 Å². The fourth-order valence-corrected chi connectivity index (χ4v) is 3.29. The van der Waals surface area contributed by atoms with Crippen molar-refractivity contribution >= 4 is 22.1 Å². The van der Waals surface area contributed by atoms with Crippen LogP contribution in [0.1, 0.15) is 12.5 Å². The summed E-state index contributed by atoms with van der Waals surface area (Å²) in [6.07, 6.45) is 6.61. The standard InChI is InChI=1S/C20H17FN8/c1-2-22-7-11-6-12(9-23-8-11)17-16(21)15-14(10-25-17)28-29-18(15)20-26-13-4-3-5-24-19(13)27-20/h3-6,8-10,22H,2,7H2,1H3,(H,28,29)(H,24,26,27). The van der Waals surface area contributed by atoms with Gasteiger partial charge in [0.1, 0.15) is 16.9 Å². The van der Waals surface area contributed by atoms with Crippen molar-refractivity contribution < 1.29 is 4.39 Å². The molecular weight excluding hydrogens is 371 g/mol. The van der Waals surface area contributed by atoms with E-state index in [0.29, 0.717) is 45.7 Å². The van der Waals surface area contributed by atoms with Gasteiger partial charge >= 0.3 is 0 Å². The highest BCUT2D eigenvalue weighted by molar-refractivity contribution is 5.94. The molecule has 5 aromatic heterocycles. The Hall–Kier alpha value is -3.72. The zero-order valence-electron chi connectivity index (χ0n) is 15.6. The largest absolute Gasteiger partial charge is 0.321 e. The van der Waals surface area contributed by atoms with E-state index < -0.39 is 5.82 Å². The molecule has 0 unspecified atom stereocenters. The highest BCUT2D eigenvalue weighted by atomic mass is 19.1. The van der Waals surface area contributed by atoms with E-state index in [1.807, 2.05) is 19.1 Å². The van der Waals surface area contributed by atoms with Gasteiger partial charge in [-0.25, -0.2) is 14.4 Å². The third-order valence-electron chi connectivity index (χ3n) is 4.67. The lowest BCUT2D eigenvalue weighted by Crippen LogP contribution is -2.11. The minimum absolute atomic E-state index is 0.222. The Morgan fingerprint density at radius 2 is 2.07 bits per heavy atom. The minimum Gasteiger partial charge on any atom is -0.321 e.